The summed E-state index contributed by atoms with van der Waals surface area (Å²) in [6, 6.07) is 0. The Bertz CT molecular complexity index is 787. The van der Waals surface area contributed by atoms with Gasteiger partial charge in [0.1, 0.15) is 0 Å². The van der Waals surface area contributed by atoms with Gasteiger partial charge in [0.2, 0.25) is 0 Å². The number of aliphatic hydroxyl groups excluding tert-OH is 1. The molecule has 2 aliphatic heterocycles. The molecule has 0 spiro atoms. The van der Waals surface area contributed by atoms with Gasteiger partial charge in [-0.1, -0.05) is 86.6 Å². The summed E-state index contributed by atoms with van der Waals surface area (Å²) in [5.41, 5.74) is 0. The molecule has 0 aromatic heterocycles. The van der Waals surface area contributed by atoms with Crippen molar-refractivity contribution in [1.82, 2.24) is 0 Å². The molecule has 248 valence electrons. The molecule has 2 fully saturated rings. The van der Waals surface area contributed by atoms with Crippen LogP contribution in [0, 0.1) is 0 Å². The van der Waals surface area contributed by atoms with Gasteiger partial charge in [0.15, 0.2) is 16.6 Å². The Morgan fingerprint density at radius 2 is 1.29 bits per heavy atom. The van der Waals surface area contributed by atoms with Crippen LogP contribution in [0.1, 0.15) is 132 Å². The number of aliphatic hydroxyl groups is 1. The van der Waals surface area contributed by atoms with E-state index in [0.717, 1.165) is 44.9 Å². The van der Waals surface area contributed by atoms with Crippen molar-refractivity contribution in [2.45, 2.75) is 211 Å². The van der Waals surface area contributed by atoms with Gasteiger partial charge in [-0.3, -0.25) is 0 Å². The molecule has 7 heteroatoms. The lowest BCUT2D eigenvalue weighted by atomic mass is 9.99. The first kappa shape index (κ1) is 38.2. The topological polar surface area (TPSA) is 57.2 Å². The molecule has 0 bridgehead atoms. The van der Waals surface area contributed by atoms with Crippen molar-refractivity contribution in [1.29, 1.82) is 0 Å². The fourth-order valence-electron chi connectivity index (χ4n) is 5.86. The van der Waals surface area contributed by atoms with Crippen LogP contribution in [0.15, 0.2) is 12.7 Å². The minimum atomic E-state index is -2.00. The molecular weight excluding hydrogens is 557 g/mol. The summed E-state index contributed by atoms with van der Waals surface area (Å²) in [7, 11) is -3.88. The van der Waals surface area contributed by atoms with Crippen LogP contribution in [0.25, 0.3) is 0 Å². The smallest absolute Gasteiger partial charge is 0.192 e. The summed E-state index contributed by atoms with van der Waals surface area (Å²) >= 11 is 0. The second kappa shape index (κ2) is 16.5. The van der Waals surface area contributed by atoms with Crippen molar-refractivity contribution in [2.75, 3.05) is 0 Å². The van der Waals surface area contributed by atoms with E-state index in [1.165, 1.54) is 32.1 Å². The van der Waals surface area contributed by atoms with Crippen LogP contribution >= 0.6 is 0 Å². The van der Waals surface area contributed by atoms with Crippen LogP contribution < -0.4 is 0 Å². The highest BCUT2D eigenvalue weighted by Crippen LogP contribution is 2.42. The van der Waals surface area contributed by atoms with Crippen LogP contribution in [0.3, 0.4) is 0 Å². The normalized spacial score (nSPS) is 26.4. The average Bonchev–Trinajstić information content (AvgIpc) is 3.55. The minimum Gasteiger partial charge on any atom is -0.414 e. The van der Waals surface area contributed by atoms with E-state index < -0.39 is 22.7 Å². The second-order valence-electron chi connectivity index (χ2n) is 16.4. The lowest BCUT2D eigenvalue weighted by Gasteiger charge is -2.42. The minimum absolute atomic E-state index is 0.0609. The van der Waals surface area contributed by atoms with Crippen molar-refractivity contribution >= 4 is 16.6 Å². The van der Waals surface area contributed by atoms with E-state index in [9.17, 15) is 5.11 Å². The Morgan fingerprint density at radius 3 is 1.83 bits per heavy atom. The van der Waals surface area contributed by atoms with E-state index in [1.54, 1.807) is 6.08 Å². The first-order valence-corrected chi connectivity index (χ1v) is 23.2. The average molecular weight is 627 g/mol. The van der Waals surface area contributed by atoms with Gasteiger partial charge in [0.05, 0.1) is 36.6 Å². The summed E-state index contributed by atoms with van der Waals surface area (Å²) in [6.07, 6.45) is 15.8. The SMILES string of the molecule is C=CC[C@@H](O)[C@H]1CC[C@H]([C@H]2CC[C@H]([C@H](CC[C@H](CCCCCCC)O[Si](C)(C)C(C)(C)C)O[Si](C)(C)C(C)(C)C)O2)O1. The lowest BCUT2D eigenvalue weighted by molar-refractivity contribution is -0.107. The standard InChI is InChI=1S/C35H70O5Si2/c1-13-15-16-17-18-20-27(39-41(9,10)34(3,4)5)21-22-33(40-42(11,12)35(6,7)8)32-26-25-31(38-32)30-24-23-29(37-30)28(36)19-14-2/h14,27-33,36H,2,13,15-26H2,1,3-12H3/t27-,28+,29+,30+,31+,32+,33-/m0/s1. The van der Waals surface area contributed by atoms with Crippen molar-refractivity contribution in [2.24, 2.45) is 0 Å². The maximum Gasteiger partial charge on any atom is 0.192 e. The molecule has 2 aliphatic rings. The highest BCUT2D eigenvalue weighted by Gasteiger charge is 2.45. The van der Waals surface area contributed by atoms with E-state index >= 15 is 0 Å². The summed E-state index contributed by atoms with van der Waals surface area (Å²) in [6.45, 7) is 29.6. The number of unbranched alkanes of at least 4 members (excludes halogenated alkanes) is 4. The van der Waals surface area contributed by atoms with Gasteiger partial charge in [-0.2, -0.15) is 0 Å². The fraction of sp³-hybridized carbons (Fsp3) is 0.943. The third-order valence-corrected chi connectivity index (χ3v) is 19.8. The van der Waals surface area contributed by atoms with Gasteiger partial charge in [0, 0.05) is 6.10 Å². The van der Waals surface area contributed by atoms with Crippen molar-refractivity contribution in [3.63, 3.8) is 0 Å². The van der Waals surface area contributed by atoms with Gasteiger partial charge in [-0.15, -0.1) is 6.58 Å². The van der Waals surface area contributed by atoms with Gasteiger partial charge < -0.3 is 23.4 Å². The largest absolute Gasteiger partial charge is 0.414 e. The third kappa shape index (κ3) is 11.4. The Labute approximate surface area is 263 Å². The molecule has 0 aliphatic carbocycles. The molecular formula is C35H70O5Si2. The van der Waals surface area contributed by atoms with Crippen molar-refractivity contribution < 1.29 is 23.4 Å². The van der Waals surface area contributed by atoms with Gasteiger partial charge >= 0.3 is 0 Å². The first-order chi connectivity index (χ1) is 19.4. The predicted octanol–water partition coefficient (Wildman–Crippen LogP) is 9.94. The highest BCUT2D eigenvalue weighted by molar-refractivity contribution is 6.74. The summed E-state index contributed by atoms with van der Waals surface area (Å²) in [4.78, 5) is 0. The molecule has 2 heterocycles. The number of hydrogen-bond acceptors (Lipinski definition) is 5. The zero-order chi connectivity index (χ0) is 31.8. The Balaban J connectivity index is 2.14. The molecule has 42 heavy (non-hydrogen) atoms. The predicted molar refractivity (Wildman–Crippen MR) is 183 cm³/mol. The zero-order valence-corrected chi connectivity index (χ0v) is 31.6. The van der Waals surface area contributed by atoms with Crippen LogP contribution in [0.4, 0.5) is 0 Å². The van der Waals surface area contributed by atoms with E-state index in [4.69, 9.17) is 18.3 Å². The van der Waals surface area contributed by atoms with Crippen molar-refractivity contribution in [3.8, 4) is 0 Å². The molecule has 2 saturated heterocycles. The van der Waals surface area contributed by atoms with E-state index in [1.807, 2.05) is 0 Å². The van der Waals surface area contributed by atoms with Crippen LogP contribution in [0.2, 0.25) is 36.3 Å². The van der Waals surface area contributed by atoms with Gasteiger partial charge in [-0.25, -0.2) is 0 Å². The summed E-state index contributed by atoms with van der Waals surface area (Å²) < 4.78 is 27.4. The molecule has 7 atom stereocenters. The molecule has 0 aromatic carbocycles. The molecule has 2 rings (SSSR count). The van der Waals surface area contributed by atoms with Gasteiger partial charge in [-0.05, 0) is 87.6 Å². The molecule has 1 N–H and O–H groups in total. The van der Waals surface area contributed by atoms with E-state index in [-0.39, 0.29) is 46.7 Å². The van der Waals surface area contributed by atoms with E-state index in [2.05, 4.69) is 81.2 Å². The quantitative estimate of drug-likeness (QED) is 0.0932. The van der Waals surface area contributed by atoms with Crippen LogP contribution in [-0.2, 0) is 18.3 Å². The Hall–Kier alpha value is -0.0262. The fourth-order valence-corrected chi connectivity index (χ4v) is 8.66. The molecule has 0 saturated carbocycles. The highest BCUT2D eigenvalue weighted by atomic mass is 28.4. The maximum atomic E-state index is 10.4. The number of rotatable bonds is 18. The Morgan fingerprint density at radius 1 is 0.762 bits per heavy atom. The van der Waals surface area contributed by atoms with Gasteiger partial charge in [0.25, 0.3) is 0 Å². The first-order valence-electron chi connectivity index (χ1n) is 17.4. The summed E-state index contributed by atoms with van der Waals surface area (Å²) in [5.74, 6) is 0. The van der Waals surface area contributed by atoms with Crippen LogP contribution in [-0.4, -0.2) is 64.5 Å². The monoisotopic (exact) mass is 626 g/mol. The molecule has 5 nitrogen and oxygen atoms in total. The zero-order valence-electron chi connectivity index (χ0n) is 29.6. The lowest BCUT2D eigenvalue weighted by Crippen LogP contribution is -2.48. The second-order valence-corrected chi connectivity index (χ2v) is 25.9. The van der Waals surface area contributed by atoms with E-state index in [0.29, 0.717) is 6.42 Å². The van der Waals surface area contributed by atoms with Crippen LogP contribution in [0.5, 0.6) is 0 Å². The molecule has 0 amide bonds. The Kier molecular flexibility index (Phi) is 15.0. The maximum absolute atomic E-state index is 10.4. The van der Waals surface area contributed by atoms with Crippen molar-refractivity contribution in [3.05, 3.63) is 12.7 Å². The number of hydrogen-bond donors (Lipinski definition) is 1. The number of ether oxygens (including phenoxy) is 2. The third-order valence-electron chi connectivity index (χ3n) is 10.8. The molecule has 0 aromatic rings. The molecule has 0 unspecified atom stereocenters. The molecule has 0 radical (unpaired) electrons. The summed E-state index contributed by atoms with van der Waals surface area (Å²) in [5, 5.41) is 10.8.